The number of ether oxygens (including phenoxy) is 3. The normalized spacial score (nSPS) is 27.2. The Balaban J connectivity index is 0.916. The highest BCUT2D eigenvalue weighted by Gasteiger charge is 2.46. The minimum atomic E-state index is -3.48. The minimum Gasteiger partial charge on any atom is -0.451 e. The van der Waals surface area contributed by atoms with Crippen LogP contribution in [0.2, 0.25) is 0 Å². The summed E-state index contributed by atoms with van der Waals surface area (Å²) >= 11 is 0. The molecule has 1 aromatic carbocycles. The van der Waals surface area contributed by atoms with Crippen LogP contribution in [0.25, 0.3) is 0 Å². The molecule has 0 radical (unpaired) electrons. The second kappa shape index (κ2) is 15.2. The van der Waals surface area contributed by atoms with Crippen LogP contribution in [0.4, 0.5) is 10.2 Å². The molecule has 15 heteroatoms. The molecule has 6 heterocycles. The van der Waals surface area contributed by atoms with E-state index in [0.717, 1.165) is 77.7 Å². The Morgan fingerprint density at radius 1 is 1.12 bits per heavy atom. The van der Waals surface area contributed by atoms with Crippen molar-refractivity contribution >= 4 is 21.9 Å². The summed E-state index contributed by atoms with van der Waals surface area (Å²) in [5, 5.41) is 0. The number of hydrogen-bond acceptors (Lipinski definition) is 10. The summed E-state index contributed by atoms with van der Waals surface area (Å²) in [5.74, 6) is 0.548. The molecule has 1 spiro atoms. The maximum atomic E-state index is 14.5. The van der Waals surface area contributed by atoms with Gasteiger partial charge in [-0.1, -0.05) is 0 Å². The number of nitrogens with zero attached hydrogens (tertiary/aromatic N) is 6. The number of amides is 1. The average molecular weight is 730 g/mol. The number of rotatable bonds is 11. The number of halogens is 1. The van der Waals surface area contributed by atoms with E-state index < -0.39 is 16.0 Å². The highest BCUT2D eigenvalue weighted by molar-refractivity contribution is 7.87. The van der Waals surface area contributed by atoms with Crippen molar-refractivity contribution in [1.82, 2.24) is 28.8 Å². The summed E-state index contributed by atoms with van der Waals surface area (Å²) < 4.78 is 62.8. The number of carbonyl (C=O) groups is 1. The Kier molecular flexibility index (Phi) is 10.8. The molecule has 0 saturated carbocycles. The summed E-state index contributed by atoms with van der Waals surface area (Å²) in [6.07, 6.45) is 9.48. The largest absolute Gasteiger partial charge is 0.451 e. The molecule has 5 aliphatic heterocycles. The highest BCUT2D eigenvalue weighted by Crippen LogP contribution is 2.45. The minimum absolute atomic E-state index is 0.0477. The molecule has 5 saturated heterocycles. The molecule has 1 aromatic heterocycles. The summed E-state index contributed by atoms with van der Waals surface area (Å²) in [4.78, 5) is 29.1. The van der Waals surface area contributed by atoms with Gasteiger partial charge >= 0.3 is 0 Å². The van der Waals surface area contributed by atoms with Gasteiger partial charge in [-0.3, -0.25) is 4.79 Å². The van der Waals surface area contributed by atoms with Gasteiger partial charge in [-0.05, 0) is 97.0 Å². The molecule has 280 valence electrons. The van der Waals surface area contributed by atoms with Crippen LogP contribution in [-0.2, 0) is 19.7 Å². The number of likely N-dealkylation sites (tertiary alicyclic amines) is 1. The van der Waals surface area contributed by atoms with Crippen molar-refractivity contribution in [3.05, 3.63) is 42.1 Å². The Labute approximate surface area is 301 Å². The van der Waals surface area contributed by atoms with Crippen molar-refractivity contribution in [2.45, 2.75) is 96.0 Å². The van der Waals surface area contributed by atoms with Crippen molar-refractivity contribution in [3.8, 4) is 11.5 Å². The molecule has 13 nitrogen and oxygen atoms in total. The third-order valence-corrected chi connectivity index (χ3v) is 13.1. The number of nitrogens with one attached hydrogen (secondary N) is 1. The Bertz CT molecular complexity index is 1640. The zero-order valence-corrected chi connectivity index (χ0v) is 30.8. The Morgan fingerprint density at radius 2 is 1.92 bits per heavy atom. The number of carbonyl (C=O) groups excluding carboxylic acids is 1. The molecular formula is C36H52FN7O6S. The van der Waals surface area contributed by atoms with E-state index in [9.17, 15) is 17.6 Å². The molecule has 5 fully saturated rings. The molecule has 51 heavy (non-hydrogen) atoms. The van der Waals surface area contributed by atoms with Crippen LogP contribution < -0.4 is 14.4 Å². The van der Waals surface area contributed by atoms with Crippen LogP contribution in [0, 0.1) is 11.2 Å². The molecule has 1 amide bonds. The van der Waals surface area contributed by atoms with E-state index >= 15 is 0 Å². The third-order valence-electron chi connectivity index (χ3n) is 11.4. The van der Waals surface area contributed by atoms with E-state index in [1.807, 2.05) is 20.8 Å². The smallest absolute Gasteiger partial charge is 0.280 e. The lowest BCUT2D eigenvalue weighted by atomic mass is 9.72. The van der Waals surface area contributed by atoms with Gasteiger partial charge in [0.05, 0.1) is 37.1 Å². The highest BCUT2D eigenvalue weighted by atomic mass is 32.2. The number of anilines is 1. The van der Waals surface area contributed by atoms with E-state index in [4.69, 9.17) is 14.2 Å². The van der Waals surface area contributed by atoms with Gasteiger partial charge in [-0.2, -0.15) is 17.4 Å². The molecule has 0 aliphatic carbocycles. The van der Waals surface area contributed by atoms with Crippen LogP contribution in [0.5, 0.6) is 11.5 Å². The lowest BCUT2D eigenvalue weighted by Gasteiger charge is -2.54. The Morgan fingerprint density at radius 3 is 2.59 bits per heavy atom. The van der Waals surface area contributed by atoms with Crippen molar-refractivity contribution in [2.24, 2.45) is 5.41 Å². The first kappa shape index (κ1) is 36.4. The van der Waals surface area contributed by atoms with Crippen molar-refractivity contribution in [1.29, 1.82) is 0 Å². The van der Waals surface area contributed by atoms with Crippen LogP contribution in [0.15, 0.2) is 30.7 Å². The molecule has 1 N–H and O–H groups in total. The number of hydrogen-bond donors (Lipinski definition) is 1. The van der Waals surface area contributed by atoms with E-state index in [-0.39, 0.29) is 52.9 Å². The third kappa shape index (κ3) is 8.03. The van der Waals surface area contributed by atoms with Crippen LogP contribution in [-0.4, -0.2) is 128 Å². The van der Waals surface area contributed by atoms with Gasteiger partial charge in [0.2, 0.25) is 0 Å². The van der Waals surface area contributed by atoms with E-state index in [0.29, 0.717) is 37.9 Å². The molecule has 2 aromatic rings. The SMILES string of the molecule is CC(C)N(C(=O)c1cc(F)ccc1Oc1cncnc1N1CC2(CCN(C[C@@H]3CC[C@@H](NS(=O)(=O)N4CCC[C@H]4C)CO3)CC2)C1)[C@@H]1CCOC1. The first-order valence-electron chi connectivity index (χ1n) is 18.6. The summed E-state index contributed by atoms with van der Waals surface area (Å²) in [6, 6.07) is 3.73. The van der Waals surface area contributed by atoms with Crippen LogP contribution in [0.1, 0.15) is 76.1 Å². The van der Waals surface area contributed by atoms with Crippen LogP contribution in [0.3, 0.4) is 0 Å². The summed E-state index contributed by atoms with van der Waals surface area (Å²) in [6.45, 7) is 12.4. The Hall–Kier alpha value is -2.95. The second-order valence-electron chi connectivity index (χ2n) is 15.4. The quantitative estimate of drug-likeness (QED) is 0.365. The van der Waals surface area contributed by atoms with E-state index in [1.165, 1.54) is 24.5 Å². The fourth-order valence-corrected chi connectivity index (χ4v) is 10.2. The molecule has 7 rings (SSSR count). The zero-order valence-electron chi connectivity index (χ0n) is 30.0. The number of aromatic nitrogens is 2. The molecular weight excluding hydrogens is 678 g/mol. The van der Waals surface area contributed by atoms with Crippen molar-refractivity contribution in [2.75, 3.05) is 64.0 Å². The number of piperidine rings is 1. The molecule has 5 aliphatic rings. The average Bonchev–Trinajstić information content (AvgIpc) is 3.79. The fourth-order valence-electron chi connectivity index (χ4n) is 8.51. The topological polar surface area (TPSA) is 130 Å². The van der Waals surface area contributed by atoms with Gasteiger partial charge in [-0.25, -0.2) is 14.4 Å². The van der Waals surface area contributed by atoms with Crippen molar-refractivity contribution < 1.29 is 31.8 Å². The second-order valence-corrected chi connectivity index (χ2v) is 17.0. The predicted octanol–water partition coefficient (Wildman–Crippen LogP) is 3.82. The molecule has 0 bridgehead atoms. The standard InChI is InChI=1S/C36H52FN7O6S/c1-25(2)44(29-10-16-48-21-29)35(45)31-17-27(37)6-9-32(31)50-33-18-38-24-39-34(33)42-22-36(23-42)11-14-41(15-12-36)19-30-8-7-28(20-49-30)40-51(46,47)43-13-4-5-26(43)3/h6,9,17-18,24-26,28-30,40H,4-5,7-8,10-16,19-23H2,1-3H3/t26-,28-,29-,30+/m1/s1. The van der Waals surface area contributed by atoms with Gasteiger partial charge in [0.1, 0.15) is 17.9 Å². The van der Waals surface area contributed by atoms with Gasteiger partial charge in [0, 0.05) is 56.3 Å². The lowest BCUT2D eigenvalue weighted by Crippen LogP contribution is -2.61. The van der Waals surface area contributed by atoms with Crippen molar-refractivity contribution in [3.63, 3.8) is 0 Å². The fraction of sp³-hybridized carbons (Fsp3) is 0.694. The lowest BCUT2D eigenvalue weighted by molar-refractivity contribution is -0.0301. The summed E-state index contributed by atoms with van der Waals surface area (Å²) in [7, 11) is -3.48. The van der Waals surface area contributed by atoms with Crippen LogP contribution >= 0.6 is 0 Å². The van der Waals surface area contributed by atoms with Gasteiger partial charge < -0.3 is 28.9 Å². The predicted molar refractivity (Wildman–Crippen MR) is 190 cm³/mol. The summed E-state index contributed by atoms with van der Waals surface area (Å²) in [5.41, 5.74) is 0.341. The first-order chi connectivity index (χ1) is 24.5. The number of benzene rings is 1. The maximum Gasteiger partial charge on any atom is 0.280 e. The van der Waals surface area contributed by atoms with Gasteiger partial charge in [0.25, 0.3) is 16.1 Å². The van der Waals surface area contributed by atoms with E-state index in [1.54, 1.807) is 15.4 Å². The monoisotopic (exact) mass is 729 g/mol. The zero-order chi connectivity index (χ0) is 35.8. The van der Waals surface area contributed by atoms with Gasteiger partial charge in [-0.15, -0.1) is 0 Å². The first-order valence-corrected chi connectivity index (χ1v) is 20.0. The van der Waals surface area contributed by atoms with Gasteiger partial charge in [0.15, 0.2) is 11.6 Å². The maximum absolute atomic E-state index is 14.5. The van der Waals surface area contributed by atoms with E-state index in [2.05, 4.69) is 24.5 Å². The molecule has 0 unspecified atom stereocenters. The molecule has 4 atom stereocenters.